The molecule has 0 saturated heterocycles. The van der Waals surface area contributed by atoms with Crippen LogP contribution >= 0.6 is 0 Å². The summed E-state index contributed by atoms with van der Waals surface area (Å²) in [6.45, 7) is 2.10. The van der Waals surface area contributed by atoms with Gasteiger partial charge < -0.3 is 10.5 Å². The number of pyridine rings is 2. The molecule has 3 aromatic heterocycles. The van der Waals surface area contributed by atoms with Crippen molar-refractivity contribution in [2.24, 2.45) is 0 Å². The third kappa shape index (κ3) is 4.00. The molecule has 1 unspecified atom stereocenters. The lowest BCUT2D eigenvalue weighted by Gasteiger charge is -2.13. The van der Waals surface area contributed by atoms with E-state index in [9.17, 15) is 4.79 Å². The minimum Gasteiger partial charge on any atom is -0.465 e. The number of hydrogen-bond donors (Lipinski definition) is 1. The summed E-state index contributed by atoms with van der Waals surface area (Å²) >= 11 is 0. The Morgan fingerprint density at radius 2 is 2.12 bits per heavy atom. The molecule has 3 aromatic rings. The van der Waals surface area contributed by atoms with Crippen LogP contribution < -0.4 is 5.73 Å². The van der Waals surface area contributed by atoms with Crippen LogP contribution in [0.15, 0.2) is 55.2 Å². The minimum atomic E-state index is -0.518. The van der Waals surface area contributed by atoms with Crippen LogP contribution in [0.1, 0.15) is 24.1 Å². The van der Waals surface area contributed by atoms with Gasteiger partial charge in [0, 0.05) is 18.6 Å². The van der Waals surface area contributed by atoms with E-state index in [-0.39, 0.29) is 5.97 Å². The Bertz CT molecular complexity index is 830. The van der Waals surface area contributed by atoms with E-state index in [0.717, 1.165) is 11.4 Å². The molecule has 25 heavy (non-hydrogen) atoms. The van der Waals surface area contributed by atoms with Gasteiger partial charge in [0.2, 0.25) is 0 Å². The highest BCUT2D eigenvalue weighted by Gasteiger charge is 2.25. The zero-order valence-electron chi connectivity index (χ0n) is 13.9. The number of hydrogen-bond acceptors (Lipinski definition) is 6. The van der Waals surface area contributed by atoms with E-state index in [4.69, 9.17) is 10.5 Å². The first-order valence-corrected chi connectivity index (χ1v) is 7.99. The highest BCUT2D eigenvalue weighted by Crippen LogP contribution is 2.22. The van der Waals surface area contributed by atoms with E-state index in [1.54, 1.807) is 42.5 Å². The van der Waals surface area contributed by atoms with E-state index >= 15 is 0 Å². The summed E-state index contributed by atoms with van der Waals surface area (Å²) in [5, 5.41) is 0. The molecule has 0 radical (unpaired) electrons. The fourth-order valence-electron chi connectivity index (χ4n) is 2.49. The summed E-state index contributed by atoms with van der Waals surface area (Å²) in [5.74, 6) is 0.342. The molecule has 0 fully saturated rings. The minimum absolute atomic E-state index is 0.314. The average molecular weight is 337 g/mol. The zero-order valence-corrected chi connectivity index (χ0v) is 13.9. The number of nitrogens with zero attached hydrogens (tertiary/aromatic N) is 4. The zero-order chi connectivity index (χ0) is 17.6. The van der Waals surface area contributed by atoms with E-state index in [1.807, 2.05) is 24.3 Å². The van der Waals surface area contributed by atoms with E-state index in [0.29, 0.717) is 24.5 Å². The van der Waals surface area contributed by atoms with Crippen molar-refractivity contribution in [1.82, 2.24) is 19.5 Å². The van der Waals surface area contributed by atoms with Crippen LogP contribution in [0.25, 0.3) is 5.82 Å². The highest BCUT2D eigenvalue weighted by atomic mass is 16.5. The Kier molecular flexibility index (Phi) is 5.03. The number of nitrogens with two attached hydrogens (primary N) is 1. The summed E-state index contributed by atoms with van der Waals surface area (Å²) in [6, 6.07) is 9.17. The summed E-state index contributed by atoms with van der Waals surface area (Å²) in [5.41, 5.74) is 7.13. The van der Waals surface area contributed by atoms with Crippen LogP contribution in [0.4, 0.5) is 5.82 Å². The van der Waals surface area contributed by atoms with Gasteiger partial charge in [-0.1, -0.05) is 12.1 Å². The molecule has 0 aliphatic rings. The second-order valence-electron chi connectivity index (χ2n) is 5.49. The second-order valence-corrected chi connectivity index (χ2v) is 5.49. The van der Waals surface area contributed by atoms with Gasteiger partial charge in [-0.3, -0.25) is 9.36 Å². The van der Waals surface area contributed by atoms with Crippen molar-refractivity contribution in [3.63, 3.8) is 0 Å². The number of ether oxygens (including phenoxy) is 1. The molecule has 0 amide bonds. The van der Waals surface area contributed by atoms with Gasteiger partial charge in [-0.15, -0.1) is 0 Å². The summed E-state index contributed by atoms with van der Waals surface area (Å²) in [7, 11) is 0. The fourth-order valence-corrected chi connectivity index (χ4v) is 2.49. The molecule has 3 heterocycles. The monoisotopic (exact) mass is 337 g/mol. The number of nitrogen functional groups attached to an aromatic ring is 1. The Hall–Kier alpha value is -3.22. The van der Waals surface area contributed by atoms with Gasteiger partial charge in [0.25, 0.3) is 0 Å². The van der Waals surface area contributed by atoms with Crippen molar-refractivity contribution in [2.75, 3.05) is 12.3 Å². The first kappa shape index (κ1) is 16.6. The Morgan fingerprint density at radius 1 is 1.24 bits per heavy atom. The molecule has 7 nitrogen and oxygen atoms in total. The van der Waals surface area contributed by atoms with E-state index < -0.39 is 5.92 Å². The van der Waals surface area contributed by atoms with Gasteiger partial charge >= 0.3 is 5.97 Å². The van der Waals surface area contributed by atoms with E-state index in [1.165, 1.54) is 0 Å². The molecule has 2 N–H and O–H groups in total. The summed E-state index contributed by atoms with van der Waals surface area (Å²) in [6.07, 6.45) is 7.25. The number of carbonyl (C=O) groups excluding carboxylic acids is 1. The van der Waals surface area contributed by atoms with Crippen LogP contribution in [0, 0.1) is 0 Å². The van der Waals surface area contributed by atoms with Crippen molar-refractivity contribution in [3.8, 4) is 5.82 Å². The maximum atomic E-state index is 12.4. The van der Waals surface area contributed by atoms with Crippen LogP contribution in [0.2, 0.25) is 0 Å². The third-order valence-electron chi connectivity index (χ3n) is 3.73. The quantitative estimate of drug-likeness (QED) is 0.692. The molecule has 0 aliphatic carbocycles. The SMILES string of the molecule is CCOC(=O)C(Cc1ccc(N)nc1)c1cn(-c2ccccn2)cn1. The van der Waals surface area contributed by atoms with Crippen LogP contribution in [0.5, 0.6) is 0 Å². The molecule has 0 aromatic carbocycles. The molecular weight excluding hydrogens is 318 g/mol. The molecule has 0 saturated carbocycles. The van der Waals surface area contributed by atoms with Gasteiger partial charge in [-0.25, -0.2) is 15.0 Å². The molecule has 0 spiro atoms. The highest BCUT2D eigenvalue weighted by molar-refractivity contribution is 5.78. The van der Waals surface area contributed by atoms with Crippen molar-refractivity contribution < 1.29 is 9.53 Å². The average Bonchev–Trinajstić information content (AvgIpc) is 3.12. The van der Waals surface area contributed by atoms with Gasteiger partial charge in [0.1, 0.15) is 23.9 Å². The van der Waals surface area contributed by atoms with Crippen LogP contribution in [-0.4, -0.2) is 32.1 Å². The third-order valence-corrected chi connectivity index (χ3v) is 3.73. The lowest BCUT2D eigenvalue weighted by molar-refractivity contribution is -0.145. The molecule has 1 atom stereocenters. The topological polar surface area (TPSA) is 95.9 Å². The lowest BCUT2D eigenvalue weighted by atomic mass is 9.97. The van der Waals surface area contributed by atoms with Gasteiger partial charge in [-0.2, -0.15) is 0 Å². The molecule has 7 heteroatoms. The first-order valence-electron chi connectivity index (χ1n) is 7.99. The number of anilines is 1. The first-order chi connectivity index (χ1) is 12.2. The number of rotatable bonds is 6. The smallest absolute Gasteiger partial charge is 0.315 e. The Labute approximate surface area is 145 Å². The fraction of sp³-hybridized carbons (Fsp3) is 0.222. The largest absolute Gasteiger partial charge is 0.465 e. The van der Waals surface area contributed by atoms with Crippen LogP contribution in [0.3, 0.4) is 0 Å². The second kappa shape index (κ2) is 7.57. The molecule has 3 rings (SSSR count). The number of aromatic nitrogens is 4. The number of esters is 1. The standard InChI is InChI=1S/C18H19N5O2/c1-2-25-18(24)14(9-13-6-7-16(19)21-10-13)15-11-23(12-22-15)17-5-3-4-8-20-17/h3-8,10-12,14H,2,9H2,1H3,(H2,19,21). The van der Waals surface area contributed by atoms with Gasteiger partial charge in [0.05, 0.1) is 12.3 Å². The molecule has 0 aliphatic heterocycles. The maximum absolute atomic E-state index is 12.4. The molecule has 128 valence electrons. The van der Waals surface area contributed by atoms with Crippen molar-refractivity contribution in [2.45, 2.75) is 19.3 Å². The Balaban J connectivity index is 1.88. The lowest BCUT2D eigenvalue weighted by Crippen LogP contribution is -2.19. The van der Waals surface area contributed by atoms with Gasteiger partial charge in [-0.05, 0) is 37.1 Å². The summed E-state index contributed by atoms with van der Waals surface area (Å²) in [4.78, 5) is 25.2. The van der Waals surface area contributed by atoms with Crippen molar-refractivity contribution >= 4 is 11.8 Å². The number of imidazole rings is 1. The Morgan fingerprint density at radius 3 is 2.80 bits per heavy atom. The normalized spacial score (nSPS) is 11.9. The van der Waals surface area contributed by atoms with Crippen molar-refractivity contribution in [3.05, 3.63) is 66.5 Å². The van der Waals surface area contributed by atoms with E-state index in [2.05, 4.69) is 15.0 Å². The molecule has 0 bridgehead atoms. The van der Waals surface area contributed by atoms with Gasteiger partial charge in [0.15, 0.2) is 0 Å². The van der Waals surface area contributed by atoms with Crippen molar-refractivity contribution in [1.29, 1.82) is 0 Å². The maximum Gasteiger partial charge on any atom is 0.315 e. The predicted molar refractivity (Wildman–Crippen MR) is 93.1 cm³/mol. The molecular formula is C18H19N5O2. The summed E-state index contributed by atoms with van der Waals surface area (Å²) < 4.78 is 7.00. The number of carbonyl (C=O) groups is 1. The predicted octanol–water partition coefficient (Wildman–Crippen LogP) is 2.13. The van der Waals surface area contributed by atoms with Crippen LogP contribution in [-0.2, 0) is 16.0 Å².